The number of benzene rings is 1. The van der Waals surface area contributed by atoms with Crippen molar-refractivity contribution in [2.24, 2.45) is 0 Å². The number of piperidine rings is 1. The highest BCUT2D eigenvalue weighted by molar-refractivity contribution is 5.21. The van der Waals surface area contributed by atoms with Gasteiger partial charge in [0.25, 0.3) is 0 Å². The third-order valence-corrected chi connectivity index (χ3v) is 5.63. The number of aromatic nitrogens is 1. The average molecular weight is 343 g/mol. The van der Waals surface area contributed by atoms with Crippen molar-refractivity contribution in [3.63, 3.8) is 0 Å². The lowest BCUT2D eigenvalue weighted by molar-refractivity contribution is 0.0985. The van der Waals surface area contributed by atoms with Crippen LogP contribution in [0.4, 0.5) is 4.39 Å². The average Bonchev–Trinajstić information content (AvgIpc) is 3.27. The van der Waals surface area contributed by atoms with Crippen LogP contribution in [0.1, 0.15) is 48.9 Å². The van der Waals surface area contributed by atoms with E-state index in [-0.39, 0.29) is 11.9 Å². The lowest BCUT2D eigenvalue weighted by Crippen LogP contribution is -2.43. The SMILES string of the molecule is CN1CCC(N2CCC[C@@H]2c2ncc(Cc3ccccc3F)o2)CC1. The third kappa shape index (κ3) is 3.62. The maximum Gasteiger partial charge on any atom is 0.211 e. The predicted octanol–water partition coefficient (Wildman–Crippen LogP) is 3.64. The maximum atomic E-state index is 13.8. The second-order valence-electron chi connectivity index (χ2n) is 7.36. The van der Waals surface area contributed by atoms with Gasteiger partial charge in [-0.15, -0.1) is 0 Å². The summed E-state index contributed by atoms with van der Waals surface area (Å²) in [5.74, 6) is 1.37. The molecular formula is C20H26FN3O. The van der Waals surface area contributed by atoms with Crippen molar-refractivity contribution in [1.29, 1.82) is 0 Å². The van der Waals surface area contributed by atoms with Gasteiger partial charge in [0.15, 0.2) is 0 Å². The summed E-state index contributed by atoms with van der Waals surface area (Å²) in [6.07, 6.45) is 6.97. The van der Waals surface area contributed by atoms with Crippen LogP contribution in [0.15, 0.2) is 34.9 Å². The molecule has 2 aromatic rings. The summed E-state index contributed by atoms with van der Waals surface area (Å²) >= 11 is 0. The van der Waals surface area contributed by atoms with Crippen LogP contribution in [0.3, 0.4) is 0 Å². The fourth-order valence-corrected chi connectivity index (χ4v) is 4.21. The Labute approximate surface area is 148 Å². The molecule has 4 rings (SSSR count). The van der Waals surface area contributed by atoms with Crippen molar-refractivity contribution in [3.05, 3.63) is 53.5 Å². The molecule has 0 amide bonds. The van der Waals surface area contributed by atoms with Crippen LogP contribution in [0.5, 0.6) is 0 Å². The van der Waals surface area contributed by atoms with Gasteiger partial charge < -0.3 is 9.32 Å². The number of likely N-dealkylation sites (tertiary alicyclic amines) is 2. The smallest absolute Gasteiger partial charge is 0.211 e. The van der Waals surface area contributed by atoms with Crippen LogP contribution in [-0.2, 0) is 6.42 Å². The molecule has 2 saturated heterocycles. The van der Waals surface area contributed by atoms with E-state index >= 15 is 0 Å². The molecule has 5 heteroatoms. The van der Waals surface area contributed by atoms with Crippen molar-refractivity contribution in [2.45, 2.75) is 44.2 Å². The number of nitrogens with zero attached hydrogens (tertiary/aromatic N) is 3. The highest BCUT2D eigenvalue weighted by atomic mass is 19.1. The zero-order chi connectivity index (χ0) is 17.2. The summed E-state index contributed by atoms with van der Waals surface area (Å²) in [6, 6.07) is 7.77. The van der Waals surface area contributed by atoms with Gasteiger partial charge in [0, 0.05) is 12.5 Å². The van der Waals surface area contributed by atoms with Crippen molar-refractivity contribution in [1.82, 2.24) is 14.8 Å². The Hall–Kier alpha value is -1.72. The Bertz CT molecular complexity index is 708. The standard InChI is InChI=1S/C20H26FN3O/c1-23-11-8-16(9-12-23)24-10-4-7-19(24)20-22-14-17(25-20)13-15-5-2-3-6-18(15)21/h2-3,5-6,14,16,19H,4,7-13H2,1H3/t19-/m1/s1. The fourth-order valence-electron chi connectivity index (χ4n) is 4.21. The Balaban J connectivity index is 1.46. The molecule has 1 aromatic carbocycles. The Kier molecular flexibility index (Phi) is 4.86. The first kappa shape index (κ1) is 16.7. The molecule has 134 valence electrons. The molecule has 0 saturated carbocycles. The van der Waals surface area contributed by atoms with Crippen LogP contribution >= 0.6 is 0 Å². The summed E-state index contributed by atoms with van der Waals surface area (Å²) in [5.41, 5.74) is 0.656. The molecule has 0 aliphatic carbocycles. The zero-order valence-corrected chi connectivity index (χ0v) is 14.8. The van der Waals surface area contributed by atoms with Crippen LogP contribution in [-0.4, -0.2) is 47.5 Å². The normalized spacial score (nSPS) is 23.4. The van der Waals surface area contributed by atoms with Gasteiger partial charge in [-0.3, -0.25) is 4.90 Å². The minimum Gasteiger partial charge on any atom is -0.444 e. The monoisotopic (exact) mass is 343 g/mol. The van der Waals surface area contributed by atoms with Gasteiger partial charge in [-0.25, -0.2) is 9.37 Å². The molecule has 0 unspecified atom stereocenters. The molecule has 0 radical (unpaired) electrons. The summed E-state index contributed by atoms with van der Waals surface area (Å²) in [4.78, 5) is 9.53. The number of hydrogen-bond donors (Lipinski definition) is 0. The minimum absolute atomic E-state index is 0.186. The van der Waals surface area contributed by atoms with Crippen LogP contribution in [0.2, 0.25) is 0 Å². The third-order valence-electron chi connectivity index (χ3n) is 5.63. The van der Waals surface area contributed by atoms with Crippen molar-refractivity contribution < 1.29 is 8.81 Å². The van der Waals surface area contributed by atoms with E-state index in [4.69, 9.17) is 4.42 Å². The Morgan fingerprint density at radius 2 is 1.96 bits per heavy atom. The highest BCUT2D eigenvalue weighted by Gasteiger charge is 2.35. The minimum atomic E-state index is -0.186. The molecular weight excluding hydrogens is 317 g/mol. The maximum absolute atomic E-state index is 13.8. The lowest BCUT2D eigenvalue weighted by Gasteiger charge is -2.37. The van der Waals surface area contributed by atoms with E-state index in [0.29, 0.717) is 18.0 Å². The molecule has 0 spiro atoms. The van der Waals surface area contributed by atoms with E-state index in [2.05, 4.69) is 21.8 Å². The van der Waals surface area contributed by atoms with Crippen LogP contribution in [0.25, 0.3) is 0 Å². The van der Waals surface area contributed by atoms with Crippen molar-refractivity contribution >= 4 is 0 Å². The van der Waals surface area contributed by atoms with Crippen LogP contribution < -0.4 is 0 Å². The van der Waals surface area contributed by atoms with E-state index in [9.17, 15) is 4.39 Å². The van der Waals surface area contributed by atoms with Crippen LogP contribution in [0, 0.1) is 5.82 Å². The van der Waals surface area contributed by atoms with Crippen molar-refractivity contribution in [3.8, 4) is 0 Å². The van der Waals surface area contributed by atoms with Gasteiger partial charge in [0.2, 0.25) is 5.89 Å². The van der Waals surface area contributed by atoms with Gasteiger partial charge in [-0.1, -0.05) is 18.2 Å². The van der Waals surface area contributed by atoms with E-state index in [0.717, 1.165) is 37.7 Å². The fraction of sp³-hybridized carbons (Fsp3) is 0.550. The highest BCUT2D eigenvalue weighted by Crippen LogP contribution is 2.36. The molecule has 2 fully saturated rings. The topological polar surface area (TPSA) is 32.5 Å². The zero-order valence-electron chi connectivity index (χ0n) is 14.8. The van der Waals surface area contributed by atoms with Gasteiger partial charge in [0.05, 0.1) is 12.2 Å². The number of halogens is 1. The van der Waals surface area contributed by atoms with E-state index < -0.39 is 0 Å². The van der Waals surface area contributed by atoms with Crippen molar-refractivity contribution in [2.75, 3.05) is 26.7 Å². The van der Waals surface area contributed by atoms with Gasteiger partial charge >= 0.3 is 0 Å². The first-order valence-corrected chi connectivity index (χ1v) is 9.33. The summed E-state index contributed by atoms with van der Waals surface area (Å²) in [6.45, 7) is 3.46. The first-order chi connectivity index (χ1) is 12.2. The molecule has 2 aliphatic rings. The quantitative estimate of drug-likeness (QED) is 0.848. The largest absolute Gasteiger partial charge is 0.444 e. The second kappa shape index (κ2) is 7.26. The van der Waals surface area contributed by atoms with E-state index in [1.54, 1.807) is 18.3 Å². The van der Waals surface area contributed by atoms with Gasteiger partial charge in [-0.05, 0) is 64.0 Å². The van der Waals surface area contributed by atoms with E-state index in [1.807, 2.05) is 6.07 Å². The molecule has 1 aromatic heterocycles. The molecule has 0 N–H and O–H groups in total. The van der Waals surface area contributed by atoms with Gasteiger partial charge in [-0.2, -0.15) is 0 Å². The predicted molar refractivity (Wildman–Crippen MR) is 94.9 cm³/mol. The number of hydrogen-bond acceptors (Lipinski definition) is 4. The first-order valence-electron chi connectivity index (χ1n) is 9.33. The summed E-state index contributed by atoms with van der Waals surface area (Å²) in [7, 11) is 2.20. The second-order valence-corrected chi connectivity index (χ2v) is 7.36. The number of rotatable bonds is 4. The molecule has 4 nitrogen and oxygen atoms in total. The molecule has 0 bridgehead atoms. The molecule has 25 heavy (non-hydrogen) atoms. The summed E-state index contributed by atoms with van der Waals surface area (Å²) < 4.78 is 19.9. The molecule has 2 aliphatic heterocycles. The number of oxazole rings is 1. The van der Waals surface area contributed by atoms with E-state index in [1.165, 1.54) is 25.3 Å². The lowest BCUT2D eigenvalue weighted by atomic mass is 10.0. The Morgan fingerprint density at radius 3 is 2.76 bits per heavy atom. The Morgan fingerprint density at radius 1 is 1.16 bits per heavy atom. The molecule has 1 atom stereocenters. The molecule has 3 heterocycles. The van der Waals surface area contributed by atoms with Gasteiger partial charge in [0.1, 0.15) is 11.6 Å². The summed E-state index contributed by atoms with van der Waals surface area (Å²) in [5, 5.41) is 0.